The summed E-state index contributed by atoms with van der Waals surface area (Å²) in [7, 11) is 0. The number of carbonyl (C=O) groups excluding carboxylic acids is 1. The Balaban J connectivity index is 1.67. The Kier molecular flexibility index (Phi) is 3.93. The van der Waals surface area contributed by atoms with Crippen LogP contribution < -0.4 is 0 Å². The van der Waals surface area contributed by atoms with Gasteiger partial charge in [0, 0.05) is 12.3 Å². The molecule has 0 unspecified atom stereocenters. The molecule has 4 aliphatic carbocycles. The van der Waals surface area contributed by atoms with E-state index in [1.54, 1.807) is 0 Å². The Morgan fingerprint density at radius 1 is 1.08 bits per heavy atom. The molecule has 24 heavy (non-hydrogen) atoms. The first kappa shape index (κ1) is 17.0. The van der Waals surface area contributed by atoms with Crippen molar-refractivity contribution in [2.24, 2.45) is 40.4 Å². The molecule has 0 bridgehead atoms. The first-order valence-electron chi connectivity index (χ1n) is 10.2. The van der Waals surface area contributed by atoms with Gasteiger partial charge in [0.2, 0.25) is 0 Å². The van der Waals surface area contributed by atoms with Crippen LogP contribution in [0, 0.1) is 40.4 Å². The third-order valence-electron chi connectivity index (χ3n) is 8.98. The summed E-state index contributed by atoms with van der Waals surface area (Å²) in [6.45, 7) is 6.55. The molecule has 0 amide bonds. The number of hydrogen-bond acceptors (Lipinski definition) is 3. The fourth-order valence-electron chi connectivity index (χ4n) is 7.88. The Morgan fingerprint density at radius 2 is 1.83 bits per heavy atom. The molecule has 0 spiro atoms. The van der Waals surface area contributed by atoms with E-state index in [9.17, 15) is 15.0 Å². The van der Waals surface area contributed by atoms with Crippen molar-refractivity contribution in [1.29, 1.82) is 0 Å². The zero-order chi connectivity index (χ0) is 17.3. The molecule has 4 aliphatic rings. The summed E-state index contributed by atoms with van der Waals surface area (Å²) in [5.74, 6) is 2.58. The molecule has 0 aromatic rings. The van der Waals surface area contributed by atoms with E-state index in [0.29, 0.717) is 30.0 Å². The molecule has 0 saturated heterocycles. The maximum absolute atomic E-state index is 13.3. The van der Waals surface area contributed by atoms with Crippen LogP contribution >= 0.6 is 0 Å². The van der Waals surface area contributed by atoms with E-state index in [2.05, 4.69) is 13.8 Å². The SMILES string of the molecule is C[C@H](O)[C@@H]1CC[C@@H]2[C@@H]3CC[C@@H]4C[C@@H](O)CC[C@]4(C)[C@H]3C(=O)C[C@@]21C. The predicted molar refractivity (Wildman–Crippen MR) is 93.3 cm³/mol. The van der Waals surface area contributed by atoms with E-state index in [4.69, 9.17) is 0 Å². The van der Waals surface area contributed by atoms with Gasteiger partial charge in [-0.1, -0.05) is 13.8 Å². The summed E-state index contributed by atoms with van der Waals surface area (Å²) in [5.41, 5.74) is 0.104. The van der Waals surface area contributed by atoms with Gasteiger partial charge < -0.3 is 10.2 Å². The van der Waals surface area contributed by atoms with Gasteiger partial charge in [0.25, 0.3) is 0 Å². The van der Waals surface area contributed by atoms with Crippen LogP contribution in [0.25, 0.3) is 0 Å². The lowest BCUT2D eigenvalue weighted by molar-refractivity contribution is -0.163. The maximum atomic E-state index is 13.3. The molecule has 9 atom stereocenters. The minimum Gasteiger partial charge on any atom is -0.393 e. The quantitative estimate of drug-likeness (QED) is 0.771. The molecule has 3 nitrogen and oxygen atoms in total. The molecule has 0 radical (unpaired) electrons. The molecule has 4 fully saturated rings. The van der Waals surface area contributed by atoms with E-state index >= 15 is 0 Å². The molecule has 4 rings (SSSR count). The Bertz CT molecular complexity index is 529. The molecule has 4 saturated carbocycles. The average molecular weight is 335 g/mol. The zero-order valence-corrected chi connectivity index (χ0v) is 15.5. The van der Waals surface area contributed by atoms with E-state index in [0.717, 1.165) is 32.1 Å². The van der Waals surface area contributed by atoms with Gasteiger partial charge >= 0.3 is 0 Å². The fourth-order valence-corrected chi connectivity index (χ4v) is 7.88. The molecule has 0 aromatic heterocycles. The van der Waals surface area contributed by atoms with Gasteiger partial charge in [-0.2, -0.15) is 0 Å². The monoisotopic (exact) mass is 334 g/mol. The number of hydrogen-bond donors (Lipinski definition) is 2. The number of fused-ring (bicyclic) bond motifs is 5. The van der Waals surface area contributed by atoms with Gasteiger partial charge in [-0.25, -0.2) is 0 Å². The number of carbonyl (C=O) groups is 1. The van der Waals surface area contributed by atoms with Crippen molar-refractivity contribution >= 4 is 5.78 Å². The van der Waals surface area contributed by atoms with Crippen molar-refractivity contribution in [3.8, 4) is 0 Å². The van der Waals surface area contributed by atoms with Gasteiger partial charge in [-0.05, 0) is 86.4 Å². The standard InChI is InChI=1S/C21H34O3/c1-12(22)16-6-7-17-15-5-4-13-10-14(23)8-9-20(13,2)19(15)18(24)11-21(16,17)3/h12-17,19,22-23H,4-11H2,1-3H3/t12-,13+,14-,15-,16-,17+,19+,20-,21+/m0/s1. The number of ketones is 1. The first-order valence-corrected chi connectivity index (χ1v) is 10.2. The molecule has 0 aliphatic heterocycles. The zero-order valence-electron chi connectivity index (χ0n) is 15.5. The highest BCUT2D eigenvalue weighted by atomic mass is 16.3. The molecular weight excluding hydrogens is 300 g/mol. The summed E-state index contributed by atoms with van der Waals surface area (Å²) in [4.78, 5) is 13.3. The second-order valence-corrected chi connectivity index (χ2v) is 10.0. The minimum atomic E-state index is -0.305. The fraction of sp³-hybridized carbons (Fsp3) is 0.952. The highest BCUT2D eigenvalue weighted by Gasteiger charge is 2.63. The smallest absolute Gasteiger partial charge is 0.137 e. The third-order valence-corrected chi connectivity index (χ3v) is 8.98. The van der Waals surface area contributed by atoms with Crippen molar-refractivity contribution in [2.75, 3.05) is 0 Å². The molecule has 136 valence electrons. The van der Waals surface area contributed by atoms with Crippen LogP contribution in [0.2, 0.25) is 0 Å². The summed E-state index contributed by atoms with van der Waals surface area (Å²) in [5, 5.41) is 20.4. The summed E-state index contributed by atoms with van der Waals surface area (Å²) in [6, 6.07) is 0. The van der Waals surface area contributed by atoms with Crippen molar-refractivity contribution in [2.45, 2.75) is 84.3 Å². The van der Waals surface area contributed by atoms with Gasteiger partial charge in [0.05, 0.1) is 12.2 Å². The van der Waals surface area contributed by atoms with E-state index in [1.807, 2.05) is 6.92 Å². The number of rotatable bonds is 1. The maximum Gasteiger partial charge on any atom is 0.137 e. The largest absolute Gasteiger partial charge is 0.393 e. The molecular formula is C21H34O3. The third kappa shape index (κ3) is 2.19. The lowest BCUT2D eigenvalue weighted by Gasteiger charge is -2.60. The van der Waals surface area contributed by atoms with Crippen LogP contribution in [-0.2, 0) is 4.79 Å². The molecule has 0 heterocycles. The summed E-state index contributed by atoms with van der Waals surface area (Å²) < 4.78 is 0. The average Bonchev–Trinajstić information content (AvgIpc) is 2.84. The van der Waals surface area contributed by atoms with Crippen molar-refractivity contribution in [1.82, 2.24) is 0 Å². The van der Waals surface area contributed by atoms with Crippen LogP contribution in [0.5, 0.6) is 0 Å². The minimum absolute atomic E-state index is 0.00376. The molecule has 2 N–H and O–H groups in total. The van der Waals surface area contributed by atoms with Crippen LogP contribution in [-0.4, -0.2) is 28.2 Å². The van der Waals surface area contributed by atoms with E-state index in [1.165, 1.54) is 12.8 Å². The van der Waals surface area contributed by atoms with Crippen LogP contribution in [0.15, 0.2) is 0 Å². The van der Waals surface area contributed by atoms with Crippen LogP contribution in [0.3, 0.4) is 0 Å². The lowest BCUT2D eigenvalue weighted by atomic mass is 9.44. The van der Waals surface area contributed by atoms with Gasteiger partial charge in [-0.3, -0.25) is 4.79 Å². The van der Waals surface area contributed by atoms with Gasteiger partial charge in [0.1, 0.15) is 5.78 Å². The number of Topliss-reactive ketones (excluding diaryl/α,β-unsaturated/α-hetero) is 1. The highest BCUT2D eigenvalue weighted by Crippen LogP contribution is 2.66. The summed E-state index contributed by atoms with van der Waals surface area (Å²) >= 11 is 0. The second kappa shape index (κ2) is 5.54. The van der Waals surface area contributed by atoms with Crippen molar-refractivity contribution in [3.05, 3.63) is 0 Å². The predicted octanol–water partition coefficient (Wildman–Crippen LogP) is 3.57. The Hall–Kier alpha value is -0.410. The second-order valence-electron chi connectivity index (χ2n) is 10.0. The van der Waals surface area contributed by atoms with Crippen LogP contribution in [0.4, 0.5) is 0 Å². The van der Waals surface area contributed by atoms with E-state index < -0.39 is 0 Å². The van der Waals surface area contributed by atoms with Crippen LogP contribution in [0.1, 0.15) is 72.1 Å². The van der Waals surface area contributed by atoms with Crippen molar-refractivity contribution in [3.63, 3.8) is 0 Å². The van der Waals surface area contributed by atoms with Gasteiger partial charge in [0.15, 0.2) is 0 Å². The Labute approximate surface area is 146 Å². The summed E-state index contributed by atoms with van der Waals surface area (Å²) in [6.07, 6.45) is 7.56. The van der Waals surface area contributed by atoms with Gasteiger partial charge in [-0.15, -0.1) is 0 Å². The topological polar surface area (TPSA) is 57.5 Å². The van der Waals surface area contributed by atoms with Crippen molar-refractivity contribution < 1.29 is 15.0 Å². The van der Waals surface area contributed by atoms with E-state index in [-0.39, 0.29) is 34.9 Å². The Morgan fingerprint density at radius 3 is 2.54 bits per heavy atom. The number of aliphatic hydroxyl groups is 2. The highest BCUT2D eigenvalue weighted by molar-refractivity contribution is 5.84. The molecule has 3 heteroatoms. The normalized spacial score (nSPS) is 55.5. The first-order chi connectivity index (χ1) is 11.3. The lowest BCUT2D eigenvalue weighted by Crippen LogP contribution is -2.58. The molecule has 0 aromatic carbocycles. The number of aliphatic hydroxyl groups excluding tert-OH is 2.